The van der Waals surface area contributed by atoms with Crippen molar-refractivity contribution < 1.29 is 4.74 Å². The molecule has 1 fully saturated rings. The van der Waals surface area contributed by atoms with E-state index in [0.717, 1.165) is 49.8 Å². The second-order valence-corrected chi connectivity index (χ2v) is 6.71. The third-order valence-corrected chi connectivity index (χ3v) is 4.94. The van der Waals surface area contributed by atoms with Crippen molar-refractivity contribution in [1.29, 1.82) is 0 Å². The Kier molecular flexibility index (Phi) is 6.33. The maximum atomic E-state index is 12.7. The van der Waals surface area contributed by atoms with Gasteiger partial charge in [-0.2, -0.15) is 0 Å². The van der Waals surface area contributed by atoms with Gasteiger partial charge in [0.25, 0.3) is 0 Å². The number of piperidine rings is 1. The van der Waals surface area contributed by atoms with Gasteiger partial charge in [-0.25, -0.2) is 4.79 Å². The van der Waals surface area contributed by atoms with Gasteiger partial charge in [0.2, 0.25) is 0 Å². The summed E-state index contributed by atoms with van der Waals surface area (Å²) in [5.41, 5.74) is 11.5. The van der Waals surface area contributed by atoms with Gasteiger partial charge in [-0.1, -0.05) is 11.2 Å². The van der Waals surface area contributed by atoms with Crippen molar-refractivity contribution in [3.63, 3.8) is 0 Å². The number of fused-ring (bicyclic) bond motifs is 1. The van der Waals surface area contributed by atoms with Crippen LogP contribution in [0.1, 0.15) is 30.9 Å². The van der Waals surface area contributed by atoms with Gasteiger partial charge < -0.3 is 10.1 Å². The molecule has 1 aliphatic heterocycles. The molecular weight excluding hydrogens is 332 g/mol. The van der Waals surface area contributed by atoms with E-state index in [1.165, 1.54) is 5.56 Å². The zero-order valence-electron chi connectivity index (χ0n) is 15.2. The Bertz CT molecular complexity index is 843. The molecule has 8 heteroatoms. The summed E-state index contributed by atoms with van der Waals surface area (Å²) in [5.74, 6) is 0. The molecule has 26 heavy (non-hydrogen) atoms. The lowest BCUT2D eigenvalue weighted by atomic mass is 10.1. The molecule has 0 radical (unpaired) electrons. The number of hydrogen-bond donors (Lipinski definition) is 1. The van der Waals surface area contributed by atoms with E-state index in [9.17, 15) is 4.79 Å². The van der Waals surface area contributed by atoms with Crippen molar-refractivity contribution in [2.24, 2.45) is 12.2 Å². The number of ether oxygens (including phenoxy) is 1. The molecule has 0 aliphatic carbocycles. The van der Waals surface area contributed by atoms with E-state index in [0.29, 0.717) is 19.8 Å². The molecule has 0 amide bonds. The van der Waals surface area contributed by atoms with Crippen LogP contribution in [0.25, 0.3) is 21.5 Å². The fourth-order valence-corrected chi connectivity index (χ4v) is 3.60. The van der Waals surface area contributed by atoms with Crippen LogP contribution in [-0.4, -0.2) is 42.0 Å². The van der Waals surface area contributed by atoms with Crippen LogP contribution in [-0.2, 0) is 18.2 Å². The lowest BCUT2D eigenvalue weighted by Crippen LogP contribution is -2.36. The number of hydrogen-bond acceptors (Lipinski definition) is 4. The summed E-state index contributed by atoms with van der Waals surface area (Å²) in [6.07, 6.45) is 3.93. The molecular formula is C18H26N6O2. The molecule has 140 valence electrons. The SMILES string of the molecule is Cn1c(=O)n(C2CCCNC2)c2ccc(CCCOCCN=[N+]=[N-])cc21. The van der Waals surface area contributed by atoms with Crippen LogP contribution in [0.2, 0.25) is 0 Å². The predicted octanol–water partition coefficient (Wildman–Crippen LogP) is 2.52. The molecule has 1 N–H and O–H groups in total. The molecule has 1 atom stereocenters. The van der Waals surface area contributed by atoms with Gasteiger partial charge in [0, 0.05) is 31.7 Å². The van der Waals surface area contributed by atoms with Crippen LogP contribution in [0.3, 0.4) is 0 Å². The Balaban J connectivity index is 1.68. The second kappa shape index (κ2) is 8.89. The summed E-state index contributed by atoms with van der Waals surface area (Å²) in [4.78, 5) is 15.4. The van der Waals surface area contributed by atoms with E-state index in [2.05, 4.69) is 33.5 Å². The summed E-state index contributed by atoms with van der Waals surface area (Å²) in [5, 5.41) is 6.83. The highest BCUT2D eigenvalue weighted by atomic mass is 16.5. The van der Waals surface area contributed by atoms with E-state index in [1.807, 2.05) is 11.6 Å². The smallest absolute Gasteiger partial charge is 0.329 e. The summed E-state index contributed by atoms with van der Waals surface area (Å²) in [7, 11) is 1.85. The Hall–Kier alpha value is -2.28. The molecule has 2 heterocycles. The molecule has 8 nitrogen and oxygen atoms in total. The molecule has 0 saturated carbocycles. The molecule has 0 spiro atoms. The number of aromatic nitrogens is 2. The van der Waals surface area contributed by atoms with Crippen LogP contribution >= 0.6 is 0 Å². The fourth-order valence-electron chi connectivity index (χ4n) is 3.60. The van der Waals surface area contributed by atoms with Gasteiger partial charge in [0.05, 0.1) is 23.7 Å². The first kappa shape index (κ1) is 18.5. The van der Waals surface area contributed by atoms with E-state index >= 15 is 0 Å². The number of benzene rings is 1. The van der Waals surface area contributed by atoms with E-state index < -0.39 is 0 Å². The highest BCUT2D eigenvalue weighted by Crippen LogP contribution is 2.22. The fraction of sp³-hybridized carbons (Fsp3) is 0.611. The second-order valence-electron chi connectivity index (χ2n) is 6.71. The van der Waals surface area contributed by atoms with E-state index in [4.69, 9.17) is 10.3 Å². The van der Waals surface area contributed by atoms with Crippen LogP contribution in [0.15, 0.2) is 28.1 Å². The molecule has 3 rings (SSSR count). The zero-order valence-corrected chi connectivity index (χ0v) is 15.2. The Morgan fingerprint density at radius 1 is 1.38 bits per heavy atom. The summed E-state index contributed by atoms with van der Waals surface area (Å²) < 4.78 is 9.14. The average Bonchev–Trinajstić information content (AvgIpc) is 2.92. The first-order valence-electron chi connectivity index (χ1n) is 9.21. The normalized spacial score (nSPS) is 17.3. The van der Waals surface area contributed by atoms with Crippen LogP contribution in [0.4, 0.5) is 0 Å². The third-order valence-electron chi connectivity index (χ3n) is 4.94. The Morgan fingerprint density at radius 3 is 3.04 bits per heavy atom. The van der Waals surface area contributed by atoms with E-state index in [-0.39, 0.29) is 11.7 Å². The van der Waals surface area contributed by atoms with Crippen molar-refractivity contribution in [3.05, 3.63) is 44.7 Å². The topological polar surface area (TPSA) is 97.0 Å². The summed E-state index contributed by atoms with van der Waals surface area (Å²) >= 11 is 0. The molecule has 1 aromatic heterocycles. The number of azide groups is 1. The molecule has 1 aromatic carbocycles. The van der Waals surface area contributed by atoms with Crippen molar-refractivity contribution in [1.82, 2.24) is 14.5 Å². The summed E-state index contributed by atoms with van der Waals surface area (Å²) in [6.45, 7) is 3.34. The Morgan fingerprint density at radius 2 is 2.27 bits per heavy atom. The number of imidazole rings is 1. The molecule has 0 bridgehead atoms. The Labute approximate surface area is 152 Å². The van der Waals surface area contributed by atoms with Gasteiger partial charge >= 0.3 is 5.69 Å². The molecule has 1 unspecified atom stereocenters. The minimum atomic E-state index is 0.0623. The number of aryl methyl sites for hydroxylation is 2. The maximum absolute atomic E-state index is 12.7. The standard InChI is InChI=1S/C18H26N6O2/c1-23-17-12-14(4-3-10-26-11-9-21-22-19)6-7-16(17)24(18(23)25)15-5-2-8-20-13-15/h6-7,12,15,20H,2-5,8-11,13H2,1H3. The van der Waals surface area contributed by atoms with Gasteiger partial charge in [-0.3, -0.25) is 9.13 Å². The number of rotatable bonds is 8. The molecule has 2 aromatic rings. The highest BCUT2D eigenvalue weighted by Gasteiger charge is 2.21. The maximum Gasteiger partial charge on any atom is 0.329 e. The lowest BCUT2D eigenvalue weighted by molar-refractivity contribution is 0.139. The van der Waals surface area contributed by atoms with Gasteiger partial charge in [-0.15, -0.1) is 0 Å². The van der Waals surface area contributed by atoms with Crippen LogP contribution in [0.5, 0.6) is 0 Å². The molecule has 1 saturated heterocycles. The van der Waals surface area contributed by atoms with Crippen molar-refractivity contribution in [3.8, 4) is 0 Å². The quantitative estimate of drug-likeness (QED) is 0.340. The van der Waals surface area contributed by atoms with Crippen LogP contribution < -0.4 is 11.0 Å². The largest absolute Gasteiger partial charge is 0.381 e. The third kappa shape index (κ3) is 4.09. The van der Waals surface area contributed by atoms with E-state index in [1.54, 1.807) is 4.57 Å². The number of nitrogens with one attached hydrogen (secondary N) is 1. The monoisotopic (exact) mass is 358 g/mol. The van der Waals surface area contributed by atoms with Crippen LogP contribution in [0, 0.1) is 0 Å². The van der Waals surface area contributed by atoms with Crippen molar-refractivity contribution >= 4 is 11.0 Å². The van der Waals surface area contributed by atoms with Crippen molar-refractivity contribution in [2.75, 3.05) is 32.8 Å². The zero-order chi connectivity index (χ0) is 18.4. The highest BCUT2D eigenvalue weighted by molar-refractivity contribution is 5.77. The minimum Gasteiger partial charge on any atom is -0.381 e. The summed E-state index contributed by atoms with van der Waals surface area (Å²) in [6, 6.07) is 6.52. The predicted molar refractivity (Wildman–Crippen MR) is 101 cm³/mol. The average molecular weight is 358 g/mol. The molecule has 1 aliphatic rings. The first-order valence-corrected chi connectivity index (χ1v) is 9.21. The van der Waals surface area contributed by atoms with Crippen molar-refractivity contribution in [2.45, 2.75) is 31.7 Å². The lowest BCUT2D eigenvalue weighted by Gasteiger charge is -2.24. The first-order chi connectivity index (χ1) is 12.7. The number of nitrogens with zero attached hydrogens (tertiary/aromatic N) is 5. The minimum absolute atomic E-state index is 0.0623. The van der Waals surface area contributed by atoms with Gasteiger partial charge in [0.15, 0.2) is 0 Å². The van der Waals surface area contributed by atoms with Gasteiger partial charge in [0.1, 0.15) is 0 Å². The van der Waals surface area contributed by atoms with Gasteiger partial charge in [-0.05, 0) is 55.5 Å².